The van der Waals surface area contributed by atoms with Crippen LogP contribution in [0.2, 0.25) is 8.87 Å². The van der Waals surface area contributed by atoms with Crippen LogP contribution in [-0.4, -0.2) is 43.4 Å². The van der Waals surface area contributed by atoms with Crippen molar-refractivity contribution in [2.75, 3.05) is 7.11 Å². The SMILES string of the molecule is CCC[CH2][Sn]1([CH2]CCC)[O]c2ccc([N+](=O)[O-])cc2C=Nc2ccc(C(=O)OC)cc2[O]1. The first-order valence-corrected chi connectivity index (χ1v) is 17.2. The molecule has 1 heterocycles. The summed E-state index contributed by atoms with van der Waals surface area (Å²) in [6, 6.07) is 9.56. The Balaban J connectivity index is 2.18. The predicted molar refractivity (Wildman–Crippen MR) is 125 cm³/mol. The van der Waals surface area contributed by atoms with Crippen LogP contribution < -0.4 is 6.15 Å². The standard InChI is InChI=1S/C15H12N2O6.2C4H9.Sn/c1-23-15(20)9-2-4-12(14(19)7-9)16-8-10-6-11(17(21)22)3-5-13(10)18;2*1-3-4-2;/h2-8,18-19H,1H3;2*1,3-4H2,2H3;/q;;;+2/p-2. The Kier molecular flexibility index (Phi) is 8.11. The molecule has 0 saturated carbocycles. The number of hydrogen-bond acceptors (Lipinski definition) is 7. The number of esters is 1. The Morgan fingerprint density at radius 2 is 1.75 bits per heavy atom. The van der Waals surface area contributed by atoms with Crippen molar-refractivity contribution >= 4 is 42.8 Å². The number of unbranched alkanes of at least 4 members (excludes halogenated alkanes) is 2. The van der Waals surface area contributed by atoms with Crippen molar-refractivity contribution in [3.63, 3.8) is 0 Å². The van der Waals surface area contributed by atoms with Gasteiger partial charge in [-0.2, -0.15) is 0 Å². The van der Waals surface area contributed by atoms with Crippen molar-refractivity contribution in [1.82, 2.24) is 0 Å². The van der Waals surface area contributed by atoms with Crippen LogP contribution >= 0.6 is 0 Å². The second-order valence-corrected chi connectivity index (χ2v) is 17.0. The average Bonchev–Trinajstić information content (AvgIpc) is 2.86. The monoisotopic (exact) mass is 548 g/mol. The number of ether oxygens (including phenoxy) is 1. The van der Waals surface area contributed by atoms with Gasteiger partial charge in [0.1, 0.15) is 0 Å². The van der Waals surface area contributed by atoms with Gasteiger partial charge in [-0.3, -0.25) is 0 Å². The second-order valence-electron chi connectivity index (χ2n) is 7.73. The Labute approximate surface area is 192 Å². The molecule has 0 aromatic heterocycles. The molecule has 2 aromatic carbocycles. The van der Waals surface area contributed by atoms with E-state index in [0.29, 0.717) is 28.3 Å². The normalized spacial score (nSPS) is 14.0. The Morgan fingerprint density at radius 3 is 2.38 bits per heavy atom. The first-order chi connectivity index (χ1) is 15.4. The number of methoxy groups -OCH3 is 1. The molecule has 170 valence electrons. The number of nitrogens with zero attached hydrogens (tertiary/aromatic N) is 2. The third-order valence-corrected chi connectivity index (χ3v) is 15.1. The van der Waals surface area contributed by atoms with E-state index in [1.807, 2.05) is 0 Å². The van der Waals surface area contributed by atoms with E-state index in [2.05, 4.69) is 18.8 Å². The van der Waals surface area contributed by atoms with E-state index in [-0.39, 0.29) is 5.69 Å². The third kappa shape index (κ3) is 5.59. The van der Waals surface area contributed by atoms with Crippen LogP contribution in [0.25, 0.3) is 0 Å². The molecule has 0 radical (unpaired) electrons. The summed E-state index contributed by atoms with van der Waals surface area (Å²) in [6.45, 7) is 4.25. The van der Waals surface area contributed by atoms with Crippen LogP contribution in [0.15, 0.2) is 41.4 Å². The van der Waals surface area contributed by atoms with Crippen molar-refractivity contribution in [3.05, 3.63) is 57.6 Å². The molecule has 0 unspecified atom stereocenters. The summed E-state index contributed by atoms with van der Waals surface area (Å²) >= 11 is -3.80. The van der Waals surface area contributed by atoms with E-state index < -0.39 is 30.1 Å². The van der Waals surface area contributed by atoms with Crippen LogP contribution in [-0.2, 0) is 4.74 Å². The maximum atomic E-state index is 12.1. The van der Waals surface area contributed by atoms with Gasteiger partial charge < -0.3 is 0 Å². The van der Waals surface area contributed by atoms with Gasteiger partial charge in [-0.1, -0.05) is 0 Å². The summed E-state index contributed by atoms with van der Waals surface area (Å²) in [5.41, 5.74) is 1.44. The fourth-order valence-electron chi connectivity index (χ4n) is 3.57. The number of nitro groups is 1. The molecule has 8 nitrogen and oxygen atoms in total. The third-order valence-electron chi connectivity index (χ3n) is 5.34. The van der Waals surface area contributed by atoms with E-state index in [9.17, 15) is 14.9 Å². The number of carbonyl (C=O) groups is 1. The molecular weight excluding hydrogens is 519 g/mol. The molecule has 0 amide bonds. The van der Waals surface area contributed by atoms with Gasteiger partial charge in [0.05, 0.1) is 0 Å². The number of non-ortho nitro benzene ring substituents is 1. The summed E-state index contributed by atoms with van der Waals surface area (Å²) in [5, 5.41) is 11.3. The number of aliphatic imine (C=N–C) groups is 1. The minimum absolute atomic E-state index is 0.0249. The molecule has 32 heavy (non-hydrogen) atoms. The summed E-state index contributed by atoms with van der Waals surface area (Å²) in [4.78, 5) is 27.5. The Bertz CT molecular complexity index is 1020. The number of rotatable bonds is 8. The van der Waals surface area contributed by atoms with Crippen LogP contribution in [0.5, 0.6) is 11.5 Å². The van der Waals surface area contributed by atoms with Crippen molar-refractivity contribution in [1.29, 1.82) is 0 Å². The molecule has 9 heteroatoms. The van der Waals surface area contributed by atoms with Gasteiger partial charge in [-0.25, -0.2) is 0 Å². The van der Waals surface area contributed by atoms with Gasteiger partial charge in [0.25, 0.3) is 0 Å². The van der Waals surface area contributed by atoms with Crippen molar-refractivity contribution in [2.45, 2.75) is 48.4 Å². The van der Waals surface area contributed by atoms with E-state index in [4.69, 9.17) is 10.9 Å². The predicted octanol–water partition coefficient (Wildman–Crippen LogP) is 5.95. The van der Waals surface area contributed by atoms with Crippen LogP contribution in [0.3, 0.4) is 0 Å². The Hall–Kier alpha value is -2.62. The van der Waals surface area contributed by atoms with Crippen LogP contribution in [0.1, 0.15) is 55.5 Å². The summed E-state index contributed by atoms with van der Waals surface area (Å²) < 4.78 is 19.9. The summed E-state index contributed by atoms with van der Waals surface area (Å²) in [6.07, 6.45) is 5.46. The number of benzene rings is 2. The molecule has 0 fully saturated rings. The quantitative estimate of drug-likeness (QED) is 0.176. The molecule has 0 atom stereocenters. The molecule has 0 N–H and O–H groups in total. The van der Waals surface area contributed by atoms with Gasteiger partial charge in [-0.05, 0) is 0 Å². The molecule has 0 spiro atoms. The first-order valence-electron chi connectivity index (χ1n) is 10.8. The zero-order valence-corrected chi connectivity index (χ0v) is 21.5. The van der Waals surface area contributed by atoms with Gasteiger partial charge in [0, 0.05) is 0 Å². The van der Waals surface area contributed by atoms with Gasteiger partial charge >= 0.3 is 193 Å². The minimum atomic E-state index is -3.80. The molecule has 1 aliphatic rings. The number of hydrogen-bond donors (Lipinski definition) is 0. The molecule has 2 aromatic rings. The zero-order valence-electron chi connectivity index (χ0n) is 18.6. The van der Waals surface area contributed by atoms with Crippen molar-refractivity contribution < 1.29 is 20.6 Å². The first kappa shape index (κ1) is 24.0. The molecule has 0 aliphatic carbocycles. The fraction of sp³-hybridized carbons (Fsp3) is 0.391. The summed E-state index contributed by atoms with van der Waals surface area (Å²) in [5.74, 6) is 0.598. The van der Waals surface area contributed by atoms with Crippen LogP contribution in [0, 0.1) is 10.1 Å². The number of nitro benzene ring substituents is 1. The number of fused-ring (bicyclic) bond motifs is 2. The van der Waals surface area contributed by atoms with Crippen LogP contribution in [0.4, 0.5) is 11.4 Å². The van der Waals surface area contributed by atoms with E-state index in [1.54, 1.807) is 30.5 Å². The number of carbonyl (C=O) groups excluding carboxylic acids is 1. The molecule has 0 saturated heterocycles. The zero-order chi connectivity index (χ0) is 23.1. The maximum absolute atomic E-state index is 12.1. The van der Waals surface area contributed by atoms with E-state index in [1.165, 1.54) is 19.2 Å². The molecule has 1 aliphatic heterocycles. The van der Waals surface area contributed by atoms with Gasteiger partial charge in [-0.15, -0.1) is 0 Å². The topological polar surface area (TPSA) is 100 Å². The van der Waals surface area contributed by atoms with Crippen molar-refractivity contribution in [3.8, 4) is 11.5 Å². The Morgan fingerprint density at radius 1 is 1.06 bits per heavy atom. The average molecular weight is 547 g/mol. The summed E-state index contributed by atoms with van der Waals surface area (Å²) in [7, 11) is 1.34. The van der Waals surface area contributed by atoms with Gasteiger partial charge in [0.2, 0.25) is 0 Å². The van der Waals surface area contributed by atoms with Crippen molar-refractivity contribution in [2.24, 2.45) is 4.99 Å². The molecule has 0 bridgehead atoms. The van der Waals surface area contributed by atoms with E-state index >= 15 is 0 Å². The van der Waals surface area contributed by atoms with Gasteiger partial charge in [0.15, 0.2) is 0 Å². The second kappa shape index (κ2) is 10.8. The molecular formula is C23H28N2O6Sn. The van der Waals surface area contributed by atoms with E-state index in [0.717, 1.165) is 34.6 Å². The molecule has 3 rings (SSSR count). The fourth-order valence-corrected chi connectivity index (χ4v) is 13.9.